The Hall–Kier alpha value is -2.17. The average molecular weight is 356 g/mol. The lowest BCUT2D eigenvalue weighted by molar-refractivity contribution is -0.126. The number of nitrogens with one attached hydrogen (secondary N) is 1. The number of hydrogen-bond acceptors (Lipinski definition) is 3. The minimum Gasteiger partial charge on any atom is -0.322 e. The molecule has 2 aromatic carbocycles. The molecule has 130 valence electrons. The highest BCUT2D eigenvalue weighted by molar-refractivity contribution is 6.32. The van der Waals surface area contributed by atoms with E-state index in [2.05, 4.69) is 10.2 Å². The van der Waals surface area contributed by atoms with Crippen molar-refractivity contribution < 1.29 is 4.79 Å². The second-order valence-corrected chi connectivity index (χ2v) is 6.60. The molecule has 1 heterocycles. The summed E-state index contributed by atoms with van der Waals surface area (Å²) in [5.41, 5.74) is 2.31. The Morgan fingerprint density at radius 1 is 1.12 bits per heavy atom. The summed E-state index contributed by atoms with van der Waals surface area (Å²) in [7, 11) is 0. The molecular formula is C20H22ClN3O. The summed E-state index contributed by atoms with van der Waals surface area (Å²) in [5, 5.41) is 3.65. The van der Waals surface area contributed by atoms with Gasteiger partial charge in [0.15, 0.2) is 5.66 Å². The van der Waals surface area contributed by atoms with Crippen LogP contribution < -0.4 is 5.32 Å². The van der Waals surface area contributed by atoms with Gasteiger partial charge in [-0.05, 0) is 38.2 Å². The zero-order valence-electron chi connectivity index (χ0n) is 14.7. The Kier molecular flexibility index (Phi) is 4.93. The summed E-state index contributed by atoms with van der Waals surface area (Å²) in [6.45, 7) is 7.39. The second-order valence-electron chi connectivity index (χ2n) is 6.16. The Morgan fingerprint density at radius 3 is 2.44 bits per heavy atom. The third-order valence-electron chi connectivity index (χ3n) is 4.67. The zero-order chi connectivity index (χ0) is 18.0. The molecule has 0 fully saturated rings. The molecule has 0 aliphatic carbocycles. The van der Waals surface area contributed by atoms with Crippen LogP contribution in [0.1, 0.15) is 31.9 Å². The Labute approximate surface area is 153 Å². The SMILES string of the molecule is CCN(CC)C1(C)N=C(c2ccccc2)c2cc(Cl)ccc2NC1=O. The summed E-state index contributed by atoms with van der Waals surface area (Å²) in [5.74, 6) is -0.134. The average Bonchev–Trinajstić information content (AvgIpc) is 2.73. The molecule has 0 saturated carbocycles. The minimum absolute atomic E-state index is 0.134. The fourth-order valence-electron chi connectivity index (χ4n) is 3.26. The lowest BCUT2D eigenvalue weighted by Crippen LogP contribution is -2.53. The quantitative estimate of drug-likeness (QED) is 0.893. The van der Waals surface area contributed by atoms with Gasteiger partial charge in [-0.2, -0.15) is 0 Å². The summed E-state index contributed by atoms with van der Waals surface area (Å²) in [4.78, 5) is 20.0. The molecule has 3 rings (SSSR count). The highest BCUT2D eigenvalue weighted by atomic mass is 35.5. The third kappa shape index (κ3) is 3.20. The minimum atomic E-state index is -0.986. The van der Waals surface area contributed by atoms with Crippen molar-refractivity contribution in [2.24, 2.45) is 4.99 Å². The predicted octanol–water partition coefficient (Wildman–Crippen LogP) is 4.19. The topological polar surface area (TPSA) is 44.7 Å². The Bertz CT molecular complexity index is 815. The molecule has 0 aromatic heterocycles. The lowest BCUT2D eigenvalue weighted by Gasteiger charge is -2.35. The Balaban J connectivity index is 2.27. The van der Waals surface area contributed by atoms with E-state index < -0.39 is 5.66 Å². The number of carbonyl (C=O) groups excluding carboxylic acids is 1. The first kappa shape index (κ1) is 17.6. The number of benzodiazepines with no additional fused rings is 1. The van der Waals surface area contributed by atoms with Gasteiger partial charge in [0.05, 0.1) is 11.4 Å². The first-order valence-corrected chi connectivity index (χ1v) is 8.89. The summed E-state index contributed by atoms with van der Waals surface area (Å²) >= 11 is 6.23. The molecule has 1 amide bonds. The Morgan fingerprint density at radius 2 is 1.80 bits per heavy atom. The van der Waals surface area contributed by atoms with E-state index in [9.17, 15) is 4.79 Å². The molecule has 1 aliphatic rings. The van der Waals surface area contributed by atoms with Crippen molar-refractivity contribution in [3.8, 4) is 0 Å². The number of amides is 1. The van der Waals surface area contributed by atoms with E-state index >= 15 is 0 Å². The number of carbonyl (C=O) groups is 1. The van der Waals surface area contributed by atoms with Crippen molar-refractivity contribution in [1.82, 2.24) is 4.90 Å². The van der Waals surface area contributed by atoms with Crippen LogP contribution in [0.4, 0.5) is 5.69 Å². The van der Waals surface area contributed by atoms with Crippen LogP contribution in [0.25, 0.3) is 0 Å². The third-order valence-corrected chi connectivity index (χ3v) is 4.91. The molecule has 0 saturated heterocycles. The van der Waals surface area contributed by atoms with Crippen molar-refractivity contribution >= 4 is 28.9 Å². The van der Waals surface area contributed by atoms with Crippen molar-refractivity contribution in [2.75, 3.05) is 18.4 Å². The van der Waals surface area contributed by atoms with Gasteiger partial charge in [0, 0.05) is 16.1 Å². The van der Waals surface area contributed by atoms with E-state index in [0.29, 0.717) is 5.02 Å². The molecule has 0 bridgehead atoms. The van der Waals surface area contributed by atoms with Crippen LogP contribution in [0.3, 0.4) is 0 Å². The predicted molar refractivity (Wildman–Crippen MR) is 103 cm³/mol. The van der Waals surface area contributed by atoms with Crippen molar-refractivity contribution in [3.05, 3.63) is 64.7 Å². The first-order chi connectivity index (χ1) is 12.0. The van der Waals surface area contributed by atoms with E-state index in [1.807, 2.05) is 63.2 Å². The van der Waals surface area contributed by atoms with Gasteiger partial charge >= 0.3 is 0 Å². The van der Waals surface area contributed by atoms with Gasteiger partial charge in [-0.15, -0.1) is 0 Å². The number of anilines is 1. The molecule has 0 radical (unpaired) electrons. The van der Waals surface area contributed by atoms with E-state index in [-0.39, 0.29) is 5.91 Å². The molecule has 1 atom stereocenters. The molecule has 1 aliphatic heterocycles. The highest BCUT2D eigenvalue weighted by Gasteiger charge is 2.40. The largest absolute Gasteiger partial charge is 0.322 e. The number of halogens is 1. The lowest BCUT2D eigenvalue weighted by atomic mass is 10.0. The van der Waals surface area contributed by atoms with Crippen LogP contribution in [0, 0.1) is 0 Å². The first-order valence-electron chi connectivity index (χ1n) is 8.51. The van der Waals surface area contributed by atoms with Crippen LogP contribution in [0.15, 0.2) is 53.5 Å². The van der Waals surface area contributed by atoms with E-state index in [0.717, 1.165) is 35.6 Å². The molecule has 1 N–H and O–H groups in total. The molecule has 4 nitrogen and oxygen atoms in total. The number of fused-ring (bicyclic) bond motifs is 1. The zero-order valence-corrected chi connectivity index (χ0v) is 15.5. The standard InChI is InChI=1S/C20H22ClN3O/c1-4-24(5-2)20(3)19(25)22-17-12-11-15(21)13-16(17)18(23-20)14-9-7-6-8-10-14/h6-13H,4-5H2,1-3H3,(H,22,25). The summed E-state index contributed by atoms with van der Waals surface area (Å²) < 4.78 is 0. The molecule has 0 spiro atoms. The van der Waals surface area contributed by atoms with Gasteiger partial charge in [0.2, 0.25) is 0 Å². The molecular weight excluding hydrogens is 334 g/mol. The normalized spacial score (nSPS) is 19.9. The van der Waals surface area contributed by atoms with E-state index in [4.69, 9.17) is 16.6 Å². The fraction of sp³-hybridized carbons (Fsp3) is 0.300. The number of rotatable bonds is 4. The van der Waals surface area contributed by atoms with E-state index in [1.165, 1.54) is 0 Å². The smallest absolute Gasteiger partial charge is 0.267 e. The van der Waals surface area contributed by atoms with Crippen LogP contribution in [-0.2, 0) is 4.79 Å². The van der Waals surface area contributed by atoms with Gasteiger partial charge in [-0.1, -0.05) is 55.8 Å². The van der Waals surface area contributed by atoms with Gasteiger partial charge in [0.25, 0.3) is 5.91 Å². The van der Waals surface area contributed by atoms with Crippen LogP contribution in [0.5, 0.6) is 0 Å². The number of nitrogens with zero attached hydrogens (tertiary/aromatic N) is 2. The monoisotopic (exact) mass is 355 g/mol. The van der Waals surface area contributed by atoms with Gasteiger partial charge < -0.3 is 5.32 Å². The summed E-state index contributed by atoms with van der Waals surface area (Å²) in [6.07, 6.45) is 0. The summed E-state index contributed by atoms with van der Waals surface area (Å²) in [6, 6.07) is 15.4. The maximum absolute atomic E-state index is 13.0. The molecule has 2 aromatic rings. The number of likely N-dealkylation sites (N-methyl/N-ethyl adjacent to an activating group) is 1. The number of benzene rings is 2. The fourth-order valence-corrected chi connectivity index (χ4v) is 3.43. The van der Waals surface area contributed by atoms with Crippen molar-refractivity contribution in [3.63, 3.8) is 0 Å². The number of hydrogen-bond donors (Lipinski definition) is 1. The van der Waals surface area contributed by atoms with E-state index in [1.54, 1.807) is 6.07 Å². The molecule has 1 unspecified atom stereocenters. The van der Waals surface area contributed by atoms with Crippen molar-refractivity contribution in [1.29, 1.82) is 0 Å². The number of aliphatic imine (C=N–C) groups is 1. The van der Waals surface area contributed by atoms with Gasteiger partial charge in [-0.25, -0.2) is 0 Å². The van der Waals surface area contributed by atoms with Gasteiger partial charge in [-0.3, -0.25) is 14.7 Å². The highest BCUT2D eigenvalue weighted by Crippen LogP contribution is 2.31. The van der Waals surface area contributed by atoms with Crippen LogP contribution >= 0.6 is 11.6 Å². The second kappa shape index (κ2) is 6.98. The molecule has 25 heavy (non-hydrogen) atoms. The van der Waals surface area contributed by atoms with Crippen LogP contribution in [0.2, 0.25) is 5.02 Å². The van der Waals surface area contributed by atoms with Crippen molar-refractivity contribution in [2.45, 2.75) is 26.4 Å². The maximum atomic E-state index is 13.0. The van der Waals surface area contributed by atoms with Crippen LogP contribution in [-0.4, -0.2) is 35.3 Å². The maximum Gasteiger partial charge on any atom is 0.267 e. The van der Waals surface area contributed by atoms with Gasteiger partial charge in [0.1, 0.15) is 0 Å². The molecule has 5 heteroatoms.